The lowest BCUT2D eigenvalue weighted by molar-refractivity contribution is -0.145. The molecule has 1 aromatic carbocycles. The van der Waals surface area contributed by atoms with E-state index in [4.69, 9.17) is 5.26 Å². The van der Waals surface area contributed by atoms with Crippen LogP contribution in [-0.4, -0.2) is 17.0 Å². The highest BCUT2D eigenvalue weighted by Crippen LogP contribution is 2.42. The van der Waals surface area contributed by atoms with Gasteiger partial charge in [0.1, 0.15) is 0 Å². The van der Waals surface area contributed by atoms with Crippen molar-refractivity contribution >= 4 is 17.6 Å². The Balaban J connectivity index is 2.18. The summed E-state index contributed by atoms with van der Waals surface area (Å²) in [5, 5.41) is 20.9. The monoisotopic (exact) mass is 314 g/mol. The van der Waals surface area contributed by atoms with Gasteiger partial charge in [0.05, 0.1) is 23.5 Å². The number of hydrogen-bond acceptors (Lipinski definition) is 3. The smallest absolute Gasteiger partial charge is 0.304 e. The highest BCUT2D eigenvalue weighted by molar-refractivity contribution is 5.97. The number of carbonyl (C=O) groups is 2. The number of nitrogens with one attached hydrogen (secondary N) is 1. The van der Waals surface area contributed by atoms with Crippen molar-refractivity contribution in [2.24, 2.45) is 11.3 Å². The Morgan fingerprint density at radius 2 is 1.87 bits per heavy atom. The minimum Gasteiger partial charge on any atom is -0.481 e. The largest absolute Gasteiger partial charge is 0.481 e. The summed E-state index contributed by atoms with van der Waals surface area (Å²) in [5.74, 6) is -1.12. The van der Waals surface area contributed by atoms with Crippen molar-refractivity contribution in [2.45, 2.75) is 45.4 Å². The van der Waals surface area contributed by atoms with Gasteiger partial charge >= 0.3 is 5.97 Å². The molecule has 0 heterocycles. The van der Waals surface area contributed by atoms with Gasteiger partial charge in [-0.05, 0) is 49.9 Å². The van der Waals surface area contributed by atoms with Crippen molar-refractivity contribution in [3.05, 3.63) is 29.8 Å². The number of aliphatic carboxylic acids is 1. The van der Waals surface area contributed by atoms with Crippen LogP contribution in [-0.2, 0) is 9.59 Å². The van der Waals surface area contributed by atoms with Crippen LogP contribution >= 0.6 is 0 Å². The van der Waals surface area contributed by atoms with Crippen LogP contribution < -0.4 is 5.32 Å². The first-order valence-electron chi connectivity index (χ1n) is 7.99. The van der Waals surface area contributed by atoms with Crippen molar-refractivity contribution in [3.63, 3.8) is 0 Å². The Kier molecular flexibility index (Phi) is 5.38. The van der Waals surface area contributed by atoms with E-state index < -0.39 is 11.4 Å². The molecular weight excluding hydrogens is 292 g/mol. The van der Waals surface area contributed by atoms with Gasteiger partial charge in [-0.15, -0.1) is 0 Å². The Hall–Kier alpha value is -2.35. The zero-order valence-corrected chi connectivity index (χ0v) is 13.3. The number of nitriles is 1. The van der Waals surface area contributed by atoms with Gasteiger partial charge in [0, 0.05) is 5.69 Å². The van der Waals surface area contributed by atoms with E-state index in [2.05, 4.69) is 5.32 Å². The molecule has 23 heavy (non-hydrogen) atoms. The fraction of sp³-hybridized carbons (Fsp3) is 0.500. The summed E-state index contributed by atoms with van der Waals surface area (Å²) in [7, 11) is 0. The van der Waals surface area contributed by atoms with Gasteiger partial charge < -0.3 is 10.4 Å². The first-order chi connectivity index (χ1) is 11.0. The summed E-state index contributed by atoms with van der Waals surface area (Å²) in [6.45, 7) is 1.76. The molecule has 1 fully saturated rings. The third-order valence-corrected chi connectivity index (χ3v) is 4.82. The molecule has 1 amide bonds. The van der Waals surface area contributed by atoms with E-state index in [1.54, 1.807) is 31.2 Å². The Labute approximate surface area is 136 Å². The number of carbonyl (C=O) groups excluding carboxylic acids is 1. The van der Waals surface area contributed by atoms with Crippen LogP contribution in [0, 0.1) is 22.7 Å². The van der Waals surface area contributed by atoms with Gasteiger partial charge in [-0.3, -0.25) is 9.59 Å². The topological polar surface area (TPSA) is 90.2 Å². The minimum absolute atomic E-state index is 0.0886. The number of anilines is 1. The lowest BCUT2D eigenvalue weighted by Crippen LogP contribution is -2.42. The Morgan fingerprint density at radius 1 is 1.26 bits per heavy atom. The summed E-state index contributed by atoms with van der Waals surface area (Å²) in [6, 6.07) is 8.61. The molecule has 0 bridgehead atoms. The van der Waals surface area contributed by atoms with Crippen molar-refractivity contribution in [1.82, 2.24) is 0 Å². The number of carboxylic acids is 1. The summed E-state index contributed by atoms with van der Waals surface area (Å²) >= 11 is 0. The van der Waals surface area contributed by atoms with Gasteiger partial charge in [0.15, 0.2) is 0 Å². The van der Waals surface area contributed by atoms with Crippen LogP contribution in [0.3, 0.4) is 0 Å². The van der Waals surface area contributed by atoms with Gasteiger partial charge in [-0.2, -0.15) is 5.26 Å². The second kappa shape index (κ2) is 7.28. The number of nitrogens with zero attached hydrogens (tertiary/aromatic N) is 1. The summed E-state index contributed by atoms with van der Waals surface area (Å²) < 4.78 is 0. The molecule has 0 aliphatic heterocycles. The molecule has 1 aliphatic carbocycles. The Morgan fingerprint density at radius 3 is 2.39 bits per heavy atom. The molecule has 1 atom stereocenters. The number of amides is 1. The Bertz CT molecular complexity index is 612. The molecule has 5 nitrogen and oxygen atoms in total. The first-order valence-corrected chi connectivity index (χ1v) is 7.99. The zero-order valence-electron chi connectivity index (χ0n) is 13.3. The molecule has 0 spiro atoms. The molecule has 1 aromatic rings. The van der Waals surface area contributed by atoms with E-state index in [1.165, 1.54) is 0 Å². The number of carboxylic acid groups (broad SMARTS) is 1. The summed E-state index contributed by atoms with van der Waals surface area (Å²) in [6.07, 6.45) is 4.86. The normalized spacial score (nSPS) is 17.7. The molecule has 0 saturated heterocycles. The van der Waals surface area contributed by atoms with Crippen molar-refractivity contribution < 1.29 is 14.7 Å². The zero-order chi connectivity index (χ0) is 16.9. The minimum atomic E-state index is -0.951. The van der Waals surface area contributed by atoms with E-state index in [0.29, 0.717) is 11.3 Å². The predicted octanol–water partition coefficient (Wildman–Crippen LogP) is 3.56. The maximum Gasteiger partial charge on any atom is 0.304 e. The van der Waals surface area contributed by atoms with E-state index in [1.807, 2.05) is 6.07 Å². The van der Waals surface area contributed by atoms with E-state index in [0.717, 1.165) is 32.1 Å². The molecule has 5 heteroatoms. The second-order valence-electron chi connectivity index (χ2n) is 6.47. The van der Waals surface area contributed by atoms with Crippen molar-refractivity contribution in [3.8, 4) is 6.07 Å². The molecule has 0 aromatic heterocycles. The lowest BCUT2D eigenvalue weighted by Gasteiger charge is -2.37. The van der Waals surface area contributed by atoms with Crippen LogP contribution in [0.15, 0.2) is 24.3 Å². The lowest BCUT2D eigenvalue weighted by atomic mass is 9.67. The van der Waals surface area contributed by atoms with Gasteiger partial charge in [0.2, 0.25) is 5.91 Å². The van der Waals surface area contributed by atoms with E-state index in [9.17, 15) is 14.7 Å². The molecule has 1 aliphatic rings. The number of benzene rings is 1. The summed E-state index contributed by atoms with van der Waals surface area (Å²) in [5.41, 5.74) is 0.185. The predicted molar refractivity (Wildman–Crippen MR) is 86.7 cm³/mol. The number of hydrogen-bond donors (Lipinski definition) is 2. The molecule has 122 valence electrons. The fourth-order valence-electron chi connectivity index (χ4n) is 3.37. The van der Waals surface area contributed by atoms with Gasteiger partial charge in [0.25, 0.3) is 0 Å². The standard InChI is InChI=1S/C18H22N2O3/c1-18(11-16(21)22,14-5-3-2-4-6-14)17(23)20-15-9-7-13(12-19)8-10-15/h7-10,14H,2-6,11H2,1H3,(H,20,23)(H,21,22). The van der Waals surface area contributed by atoms with Gasteiger partial charge in [-0.25, -0.2) is 0 Å². The maximum atomic E-state index is 12.8. The first kappa shape index (κ1) is 17.0. The third-order valence-electron chi connectivity index (χ3n) is 4.82. The molecule has 1 unspecified atom stereocenters. The summed E-state index contributed by atoms with van der Waals surface area (Å²) in [4.78, 5) is 24.1. The van der Waals surface area contributed by atoms with Crippen molar-refractivity contribution in [2.75, 3.05) is 5.32 Å². The van der Waals surface area contributed by atoms with Gasteiger partial charge in [-0.1, -0.05) is 19.3 Å². The van der Waals surface area contributed by atoms with Crippen molar-refractivity contribution in [1.29, 1.82) is 5.26 Å². The van der Waals surface area contributed by atoms with Crippen LogP contribution in [0.5, 0.6) is 0 Å². The molecule has 2 N–H and O–H groups in total. The highest BCUT2D eigenvalue weighted by Gasteiger charge is 2.43. The molecular formula is C18H22N2O3. The number of rotatable bonds is 5. The molecule has 0 radical (unpaired) electrons. The van der Waals surface area contributed by atoms with E-state index >= 15 is 0 Å². The van der Waals surface area contributed by atoms with Crippen LogP contribution in [0.1, 0.15) is 51.0 Å². The van der Waals surface area contributed by atoms with Crippen LogP contribution in [0.4, 0.5) is 5.69 Å². The molecule has 2 rings (SSSR count). The quantitative estimate of drug-likeness (QED) is 0.869. The fourth-order valence-corrected chi connectivity index (χ4v) is 3.37. The average molecular weight is 314 g/mol. The highest BCUT2D eigenvalue weighted by atomic mass is 16.4. The SMILES string of the molecule is CC(CC(=O)O)(C(=O)Nc1ccc(C#N)cc1)C1CCCCC1. The molecule has 1 saturated carbocycles. The van der Waals surface area contributed by atoms with Crippen LogP contribution in [0.25, 0.3) is 0 Å². The third kappa shape index (κ3) is 4.10. The second-order valence-corrected chi connectivity index (χ2v) is 6.47. The van der Waals surface area contributed by atoms with Crippen LogP contribution in [0.2, 0.25) is 0 Å². The van der Waals surface area contributed by atoms with E-state index in [-0.39, 0.29) is 18.2 Å². The maximum absolute atomic E-state index is 12.8. The average Bonchev–Trinajstić information content (AvgIpc) is 2.55.